The van der Waals surface area contributed by atoms with Crippen LogP contribution in [0.4, 0.5) is 10.1 Å². The van der Waals surface area contributed by atoms with Gasteiger partial charge in [-0.3, -0.25) is 4.31 Å². The van der Waals surface area contributed by atoms with Crippen molar-refractivity contribution in [2.75, 3.05) is 17.6 Å². The van der Waals surface area contributed by atoms with Crippen LogP contribution in [0.1, 0.15) is 5.56 Å². The fraction of sp³-hybridized carbons (Fsp3) is 0.333. The lowest BCUT2D eigenvalue weighted by molar-refractivity contribution is 0.599. The van der Waals surface area contributed by atoms with E-state index in [0.29, 0.717) is 11.3 Å². The van der Waals surface area contributed by atoms with Gasteiger partial charge >= 0.3 is 0 Å². The first kappa shape index (κ1) is 11.0. The van der Waals surface area contributed by atoms with Crippen LogP contribution in [0.15, 0.2) is 18.2 Å². The maximum Gasteiger partial charge on any atom is 0.231 e. The molecule has 0 aliphatic carbocycles. The third kappa shape index (κ3) is 2.23. The molecule has 0 fully saturated rings. The number of anilines is 1. The van der Waals surface area contributed by atoms with Gasteiger partial charge in [0, 0.05) is 7.05 Å². The summed E-state index contributed by atoms with van der Waals surface area (Å²) in [5.74, 6) is -0.405. The van der Waals surface area contributed by atoms with Crippen molar-refractivity contribution in [2.45, 2.75) is 6.92 Å². The van der Waals surface area contributed by atoms with E-state index in [1.165, 1.54) is 13.1 Å². The second-order valence-corrected chi connectivity index (χ2v) is 5.18. The molecule has 0 unspecified atom stereocenters. The number of sulfonamides is 1. The number of rotatable bonds is 2. The van der Waals surface area contributed by atoms with Crippen LogP contribution < -0.4 is 4.31 Å². The van der Waals surface area contributed by atoms with Crippen LogP contribution in [0.25, 0.3) is 0 Å². The Bertz CT molecular complexity index is 442. The fourth-order valence-electron chi connectivity index (χ4n) is 0.969. The Kier molecular flexibility index (Phi) is 2.80. The van der Waals surface area contributed by atoms with Gasteiger partial charge in [-0.25, -0.2) is 12.8 Å². The Hall–Kier alpha value is -1.10. The molecule has 1 rings (SSSR count). The molecule has 0 amide bonds. The quantitative estimate of drug-likeness (QED) is 0.753. The second kappa shape index (κ2) is 3.57. The summed E-state index contributed by atoms with van der Waals surface area (Å²) >= 11 is 0. The van der Waals surface area contributed by atoms with Crippen LogP contribution in [0, 0.1) is 12.7 Å². The van der Waals surface area contributed by atoms with E-state index < -0.39 is 15.8 Å². The van der Waals surface area contributed by atoms with Crippen molar-refractivity contribution in [3.8, 4) is 0 Å². The third-order valence-electron chi connectivity index (χ3n) is 2.02. The van der Waals surface area contributed by atoms with E-state index in [4.69, 9.17) is 0 Å². The first-order chi connectivity index (χ1) is 6.32. The summed E-state index contributed by atoms with van der Waals surface area (Å²) in [6.07, 6.45) is 1.07. The zero-order chi connectivity index (χ0) is 10.9. The molecule has 5 heteroatoms. The molecule has 1 aromatic carbocycles. The minimum atomic E-state index is -3.32. The molecule has 0 N–H and O–H groups in total. The summed E-state index contributed by atoms with van der Waals surface area (Å²) in [6, 6.07) is 4.32. The van der Waals surface area contributed by atoms with Crippen LogP contribution >= 0.6 is 0 Å². The zero-order valence-corrected chi connectivity index (χ0v) is 9.10. The maximum absolute atomic E-state index is 13.1. The van der Waals surface area contributed by atoms with E-state index >= 15 is 0 Å². The van der Waals surface area contributed by atoms with E-state index in [-0.39, 0.29) is 0 Å². The summed E-state index contributed by atoms with van der Waals surface area (Å²) in [7, 11) is -1.93. The van der Waals surface area contributed by atoms with Gasteiger partial charge in [-0.1, -0.05) is 6.07 Å². The summed E-state index contributed by atoms with van der Waals surface area (Å²) < 4.78 is 36.4. The monoisotopic (exact) mass is 217 g/mol. The number of hydrogen-bond acceptors (Lipinski definition) is 2. The van der Waals surface area contributed by atoms with E-state index in [0.717, 1.165) is 10.6 Å². The molecular weight excluding hydrogens is 205 g/mol. The van der Waals surface area contributed by atoms with Gasteiger partial charge in [-0.05, 0) is 24.6 Å². The van der Waals surface area contributed by atoms with Crippen molar-refractivity contribution < 1.29 is 12.8 Å². The number of hydrogen-bond donors (Lipinski definition) is 0. The van der Waals surface area contributed by atoms with Gasteiger partial charge in [-0.15, -0.1) is 0 Å². The summed E-state index contributed by atoms with van der Waals surface area (Å²) in [5, 5.41) is 0. The van der Waals surface area contributed by atoms with Gasteiger partial charge in [0.25, 0.3) is 0 Å². The topological polar surface area (TPSA) is 37.4 Å². The van der Waals surface area contributed by atoms with Crippen molar-refractivity contribution >= 4 is 15.7 Å². The Morgan fingerprint density at radius 3 is 2.36 bits per heavy atom. The number of halogens is 1. The van der Waals surface area contributed by atoms with Gasteiger partial charge in [-0.2, -0.15) is 0 Å². The van der Waals surface area contributed by atoms with Gasteiger partial charge in [0.15, 0.2) is 0 Å². The van der Waals surface area contributed by atoms with Crippen LogP contribution in [-0.4, -0.2) is 21.7 Å². The van der Waals surface area contributed by atoms with Crippen LogP contribution in [0.2, 0.25) is 0 Å². The molecule has 0 aliphatic heterocycles. The lowest BCUT2D eigenvalue weighted by atomic mass is 10.2. The first-order valence-electron chi connectivity index (χ1n) is 4.02. The SMILES string of the molecule is Cc1ccc(N(C)S(C)(=O)=O)cc1F. The second-order valence-electron chi connectivity index (χ2n) is 3.16. The highest BCUT2D eigenvalue weighted by atomic mass is 32.2. The third-order valence-corrected chi connectivity index (χ3v) is 3.22. The van der Waals surface area contributed by atoms with Crippen LogP contribution in [0.3, 0.4) is 0 Å². The molecular formula is C9H12FNO2S. The van der Waals surface area contributed by atoms with Gasteiger partial charge < -0.3 is 0 Å². The molecule has 0 aromatic heterocycles. The van der Waals surface area contributed by atoms with Crippen molar-refractivity contribution in [1.82, 2.24) is 0 Å². The lowest BCUT2D eigenvalue weighted by Gasteiger charge is -2.16. The maximum atomic E-state index is 13.1. The van der Waals surface area contributed by atoms with Crippen LogP contribution in [-0.2, 0) is 10.0 Å². The molecule has 3 nitrogen and oxygen atoms in total. The normalized spacial score (nSPS) is 11.4. The van der Waals surface area contributed by atoms with E-state index in [1.54, 1.807) is 19.1 Å². The Labute approximate surface area is 83.2 Å². The number of aryl methyl sites for hydroxylation is 1. The average molecular weight is 217 g/mol. The summed E-state index contributed by atoms with van der Waals surface area (Å²) in [6.45, 7) is 1.62. The van der Waals surface area contributed by atoms with Crippen molar-refractivity contribution in [3.63, 3.8) is 0 Å². The minimum Gasteiger partial charge on any atom is -0.273 e. The Morgan fingerprint density at radius 1 is 1.36 bits per heavy atom. The van der Waals surface area contributed by atoms with E-state index in [9.17, 15) is 12.8 Å². The smallest absolute Gasteiger partial charge is 0.231 e. The molecule has 0 saturated carbocycles. The van der Waals surface area contributed by atoms with Gasteiger partial charge in [0.1, 0.15) is 5.82 Å². The molecule has 0 heterocycles. The fourth-order valence-corrected chi connectivity index (χ4v) is 1.47. The van der Waals surface area contributed by atoms with E-state index in [2.05, 4.69) is 0 Å². The predicted octanol–water partition coefficient (Wildman–Crippen LogP) is 1.53. The number of nitrogens with zero attached hydrogens (tertiary/aromatic N) is 1. The lowest BCUT2D eigenvalue weighted by Crippen LogP contribution is -2.24. The molecule has 14 heavy (non-hydrogen) atoms. The number of benzene rings is 1. The highest BCUT2D eigenvalue weighted by molar-refractivity contribution is 7.92. The zero-order valence-electron chi connectivity index (χ0n) is 8.28. The molecule has 0 saturated heterocycles. The molecule has 78 valence electrons. The highest BCUT2D eigenvalue weighted by Crippen LogP contribution is 2.18. The van der Waals surface area contributed by atoms with E-state index in [1.807, 2.05) is 0 Å². The minimum absolute atomic E-state index is 0.329. The highest BCUT2D eigenvalue weighted by Gasteiger charge is 2.12. The Balaban J connectivity index is 3.16. The molecule has 0 spiro atoms. The van der Waals surface area contributed by atoms with Crippen molar-refractivity contribution in [2.24, 2.45) is 0 Å². The van der Waals surface area contributed by atoms with Gasteiger partial charge in [0.2, 0.25) is 10.0 Å². The standard InChI is InChI=1S/C9H12FNO2S/c1-7-4-5-8(6-9(7)10)11(2)14(3,12)13/h4-6H,1-3H3. The predicted molar refractivity (Wildman–Crippen MR) is 54.4 cm³/mol. The average Bonchev–Trinajstić information content (AvgIpc) is 2.07. The van der Waals surface area contributed by atoms with Crippen molar-refractivity contribution in [1.29, 1.82) is 0 Å². The van der Waals surface area contributed by atoms with Crippen molar-refractivity contribution in [3.05, 3.63) is 29.6 Å². The van der Waals surface area contributed by atoms with Crippen LogP contribution in [0.5, 0.6) is 0 Å². The molecule has 0 atom stereocenters. The molecule has 1 aromatic rings. The van der Waals surface area contributed by atoms with Gasteiger partial charge in [0.05, 0.1) is 11.9 Å². The molecule has 0 radical (unpaired) electrons. The Morgan fingerprint density at radius 2 is 1.93 bits per heavy atom. The molecule has 0 aliphatic rings. The molecule has 0 bridgehead atoms. The largest absolute Gasteiger partial charge is 0.273 e. The first-order valence-corrected chi connectivity index (χ1v) is 5.87. The summed E-state index contributed by atoms with van der Waals surface area (Å²) in [5.41, 5.74) is 0.825. The summed E-state index contributed by atoms with van der Waals surface area (Å²) in [4.78, 5) is 0.